The second-order valence-electron chi connectivity index (χ2n) is 5.72. The van der Waals surface area contributed by atoms with Crippen LogP contribution in [0, 0.1) is 11.8 Å². The third-order valence-corrected chi connectivity index (χ3v) is 4.88. The second kappa shape index (κ2) is 5.50. The van der Waals surface area contributed by atoms with Crippen molar-refractivity contribution in [2.24, 2.45) is 11.8 Å². The van der Waals surface area contributed by atoms with Gasteiger partial charge in [-0.15, -0.1) is 0 Å². The van der Waals surface area contributed by atoms with Crippen LogP contribution in [-0.2, 0) is 9.59 Å². The Morgan fingerprint density at radius 2 is 2.05 bits per heavy atom. The Morgan fingerprint density at radius 3 is 2.67 bits per heavy atom. The van der Waals surface area contributed by atoms with Crippen LogP contribution in [0.25, 0.3) is 0 Å². The van der Waals surface area contributed by atoms with Crippen molar-refractivity contribution in [3.05, 3.63) is 33.8 Å². The molecule has 0 radical (unpaired) electrons. The predicted molar refractivity (Wildman–Crippen MR) is 79.6 cm³/mol. The first-order chi connectivity index (χ1) is 9.97. The largest absolute Gasteiger partial charge is 0.481 e. The fourth-order valence-corrected chi connectivity index (χ4v) is 3.56. The minimum atomic E-state index is -0.821. The van der Waals surface area contributed by atoms with Crippen LogP contribution in [-0.4, -0.2) is 35.0 Å². The minimum absolute atomic E-state index is 0.0507. The first kappa shape index (κ1) is 14.7. The Kier molecular flexibility index (Phi) is 3.84. The van der Waals surface area contributed by atoms with Crippen LogP contribution in [0.1, 0.15) is 24.3 Å². The van der Waals surface area contributed by atoms with Crippen LogP contribution < -0.4 is 0 Å². The summed E-state index contributed by atoms with van der Waals surface area (Å²) < 4.78 is 0. The SMILES string of the molecule is O=C(O)C1CCN(C(=O)C2CC2c2ccc(Cl)cc2Cl)C1. The van der Waals surface area contributed by atoms with Crippen LogP contribution in [0.5, 0.6) is 0 Å². The molecule has 4 nitrogen and oxygen atoms in total. The third kappa shape index (κ3) is 2.87. The van der Waals surface area contributed by atoms with E-state index in [1.54, 1.807) is 17.0 Å². The first-order valence-corrected chi connectivity index (χ1v) is 7.69. The molecule has 0 spiro atoms. The summed E-state index contributed by atoms with van der Waals surface area (Å²) in [6, 6.07) is 5.33. The maximum absolute atomic E-state index is 12.4. The van der Waals surface area contributed by atoms with Gasteiger partial charge in [-0.05, 0) is 36.5 Å². The fourth-order valence-electron chi connectivity index (χ4n) is 3.01. The van der Waals surface area contributed by atoms with E-state index in [2.05, 4.69) is 0 Å². The number of rotatable bonds is 3. The van der Waals surface area contributed by atoms with Crippen molar-refractivity contribution < 1.29 is 14.7 Å². The zero-order valence-corrected chi connectivity index (χ0v) is 12.8. The van der Waals surface area contributed by atoms with E-state index in [1.165, 1.54) is 0 Å². The van der Waals surface area contributed by atoms with Crippen molar-refractivity contribution in [1.29, 1.82) is 0 Å². The normalized spacial score (nSPS) is 27.7. The van der Waals surface area contributed by atoms with Gasteiger partial charge in [0.2, 0.25) is 5.91 Å². The lowest BCUT2D eigenvalue weighted by molar-refractivity contribution is -0.141. The molecule has 1 amide bonds. The summed E-state index contributed by atoms with van der Waals surface area (Å²) in [6.45, 7) is 0.860. The third-order valence-electron chi connectivity index (χ3n) is 4.32. The molecule has 3 unspecified atom stereocenters. The first-order valence-electron chi connectivity index (χ1n) is 6.94. The smallest absolute Gasteiger partial charge is 0.308 e. The molecule has 3 rings (SSSR count). The van der Waals surface area contributed by atoms with Crippen molar-refractivity contribution in [2.75, 3.05) is 13.1 Å². The highest BCUT2D eigenvalue weighted by Gasteiger charge is 2.48. The number of aliphatic carboxylic acids is 1. The van der Waals surface area contributed by atoms with Gasteiger partial charge in [-0.25, -0.2) is 0 Å². The van der Waals surface area contributed by atoms with Crippen LogP contribution in [0.4, 0.5) is 0 Å². The molecule has 0 bridgehead atoms. The lowest BCUT2D eigenvalue weighted by Crippen LogP contribution is -2.31. The maximum atomic E-state index is 12.4. The topological polar surface area (TPSA) is 57.6 Å². The predicted octanol–water partition coefficient (Wildman–Crippen LogP) is 3.03. The number of hydrogen-bond donors (Lipinski definition) is 1. The molecule has 21 heavy (non-hydrogen) atoms. The maximum Gasteiger partial charge on any atom is 0.308 e. The summed E-state index contributed by atoms with van der Waals surface area (Å²) in [5.41, 5.74) is 0.952. The molecule has 1 aromatic rings. The molecule has 1 aromatic carbocycles. The highest BCUT2D eigenvalue weighted by atomic mass is 35.5. The Balaban J connectivity index is 1.65. The van der Waals surface area contributed by atoms with E-state index in [1.807, 2.05) is 6.07 Å². The fraction of sp³-hybridized carbons (Fsp3) is 0.467. The number of nitrogens with zero attached hydrogens (tertiary/aromatic N) is 1. The van der Waals surface area contributed by atoms with Crippen LogP contribution in [0.3, 0.4) is 0 Å². The lowest BCUT2D eigenvalue weighted by Gasteiger charge is -2.16. The summed E-state index contributed by atoms with van der Waals surface area (Å²) in [5, 5.41) is 10.2. The number of carboxylic acid groups (broad SMARTS) is 1. The highest BCUT2D eigenvalue weighted by molar-refractivity contribution is 6.35. The average molecular weight is 328 g/mol. The van der Waals surface area contributed by atoms with E-state index in [-0.39, 0.29) is 17.7 Å². The number of carbonyl (C=O) groups excluding carboxylic acids is 1. The van der Waals surface area contributed by atoms with Crippen molar-refractivity contribution in [1.82, 2.24) is 4.90 Å². The van der Waals surface area contributed by atoms with E-state index < -0.39 is 11.9 Å². The quantitative estimate of drug-likeness (QED) is 0.928. The minimum Gasteiger partial charge on any atom is -0.481 e. The van der Waals surface area contributed by atoms with Gasteiger partial charge < -0.3 is 10.0 Å². The van der Waals surface area contributed by atoms with Crippen LogP contribution >= 0.6 is 23.2 Å². The molecular formula is C15H15Cl2NO3. The Labute approximate surface area is 132 Å². The zero-order valence-electron chi connectivity index (χ0n) is 11.3. The molecule has 1 N–H and O–H groups in total. The molecular weight excluding hydrogens is 313 g/mol. The number of likely N-dealkylation sites (tertiary alicyclic amines) is 1. The van der Waals surface area contributed by atoms with Gasteiger partial charge in [0.25, 0.3) is 0 Å². The molecule has 1 aliphatic carbocycles. The van der Waals surface area contributed by atoms with Crippen molar-refractivity contribution in [3.8, 4) is 0 Å². The molecule has 6 heteroatoms. The number of carbonyl (C=O) groups is 2. The summed E-state index contributed by atoms with van der Waals surface area (Å²) >= 11 is 12.0. The van der Waals surface area contributed by atoms with E-state index in [0.717, 1.165) is 12.0 Å². The zero-order chi connectivity index (χ0) is 15.1. The van der Waals surface area contributed by atoms with Gasteiger partial charge >= 0.3 is 5.97 Å². The molecule has 0 aromatic heterocycles. The Bertz CT molecular complexity index is 605. The molecule has 1 heterocycles. The standard InChI is InChI=1S/C15H15Cl2NO3/c16-9-1-2-10(13(17)5-9)11-6-12(11)14(19)18-4-3-8(7-18)15(20)21/h1-2,5,8,11-12H,3-4,6-7H2,(H,20,21). The number of hydrogen-bond acceptors (Lipinski definition) is 2. The van der Waals surface area contributed by atoms with E-state index in [4.69, 9.17) is 28.3 Å². The molecule has 2 aliphatic rings. The van der Waals surface area contributed by atoms with Crippen LogP contribution in [0.2, 0.25) is 10.0 Å². The molecule has 1 saturated heterocycles. The number of amides is 1. The number of carboxylic acids is 1. The molecule has 1 saturated carbocycles. The monoisotopic (exact) mass is 327 g/mol. The van der Waals surface area contributed by atoms with Crippen molar-refractivity contribution in [3.63, 3.8) is 0 Å². The summed E-state index contributed by atoms with van der Waals surface area (Å²) in [4.78, 5) is 25.0. The van der Waals surface area contributed by atoms with E-state index in [0.29, 0.717) is 29.6 Å². The van der Waals surface area contributed by atoms with Gasteiger partial charge in [-0.1, -0.05) is 29.3 Å². The molecule has 2 fully saturated rings. The summed E-state index contributed by atoms with van der Waals surface area (Å²) in [6.07, 6.45) is 1.31. The summed E-state index contributed by atoms with van der Waals surface area (Å²) in [5.74, 6) is -1.14. The molecule has 112 valence electrons. The van der Waals surface area contributed by atoms with Crippen molar-refractivity contribution >= 4 is 35.1 Å². The van der Waals surface area contributed by atoms with Gasteiger partial charge in [-0.3, -0.25) is 9.59 Å². The lowest BCUT2D eigenvalue weighted by atomic mass is 10.1. The molecule has 1 aliphatic heterocycles. The van der Waals surface area contributed by atoms with E-state index in [9.17, 15) is 9.59 Å². The van der Waals surface area contributed by atoms with Gasteiger partial charge in [0.1, 0.15) is 0 Å². The van der Waals surface area contributed by atoms with Gasteiger partial charge in [0.05, 0.1) is 5.92 Å². The second-order valence-corrected chi connectivity index (χ2v) is 6.57. The summed E-state index contributed by atoms with van der Waals surface area (Å²) in [7, 11) is 0. The Hall–Kier alpha value is -1.26. The Morgan fingerprint density at radius 1 is 1.29 bits per heavy atom. The average Bonchev–Trinajstić information content (AvgIpc) is 3.04. The van der Waals surface area contributed by atoms with Gasteiger partial charge in [0.15, 0.2) is 0 Å². The highest BCUT2D eigenvalue weighted by Crippen LogP contribution is 2.51. The van der Waals surface area contributed by atoms with Crippen LogP contribution in [0.15, 0.2) is 18.2 Å². The number of halogens is 2. The molecule has 3 atom stereocenters. The van der Waals surface area contributed by atoms with Gasteiger partial charge in [-0.2, -0.15) is 0 Å². The van der Waals surface area contributed by atoms with E-state index >= 15 is 0 Å². The number of benzene rings is 1. The van der Waals surface area contributed by atoms with Crippen molar-refractivity contribution in [2.45, 2.75) is 18.8 Å². The van der Waals surface area contributed by atoms with Gasteiger partial charge in [0, 0.05) is 29.1 Å².